The van der Waals surface area contributed by atoms with Gasteiger partial charge >= 0.3 is 5.97 Å². The zero-order valence-electron chi connectivity index (χ0n) is 13.0. The first-order valence-electron chi connectivity index (χ1n) is 7.84. The minimum atomic E-state index is -1.18. The zero-order valence-corrected chi connectivity index (χ0v) is 13.0. The van der Waals surface area contributed by atoms with Gasteiger partial charge in [-0.05, 0) is 25.0 Å². The van der Waals surface area contributed by atoms with Crippen LogP contribution in [0.25, 0.3) is 0 Å². The first-order valence-corrected chi connectivity index (χ1v) is 7.84. The van der Waals surface area contributed by atoms with E-state index in [-0.39, 0.29) is 30.3 Å². The number of carboxylic acids is 1. The van der Waals surface area contributed by atoms with Crippen LogP contribution in [-0.4, -0.2) is 52.4 Å². The van der Waals surface area contributed by atoms with Crippen LogP contribution in [-0.2, 0) is 4.79 Å². The van der Waals surface area contributed by atoms with Gasteiger partial charge < -0.3 is 15.3 Å². The smallest absolute Gasteiger partial charge is 0.354 e. The van der Waals surface area contributed by atoms with Crippen molar-refractivity contribution in [1.82, 2.24) is 15.2 Å². The third-order valence-electron chi connectivity index (χ3n) is 3.78. The average Bonchev–Trinajstić information content (AvgIpc) is 2.84. The van der Waals surface area contributed by atoms with Crippen molar-refractivity contribution < 1.29 is 19.5 Å². The highest BCUT2D eigenvalue weighted by Crippen LogP contribution is 2.10. The van der Waals surface area contributed by atoms with Gasteiger partial charge in [0.1, 0.15) is 11.4 Å². The summed E-state index contributed by atoms with van der Waals surface area (Å²) in [6.07, 6.45) is 4.62. The van der Waals surface area contributed by atoms with Crippen LogP contribution in [0, 0.1) is 0 Å². The standard InChI is InChI=1S/C16H21N3O4/c20-14(19-10-3-1-2-4-11-19)8-9-17-15(21)12-6-5-7-13(18-12)16(22)23/h5-7H,1-4,8-11H2,(H,17,21)(H,22,23). The molecule has 0 unspecified atom stereocenters. The summed E-state index contributed by atoms with van der Waals surface area (Å²) in [6.45, 7) is 1.79. The van der Waals surface area contributed by atoms with Crippen molar-refractivity contribution in [2.24, 2.45) is 0 Å². The Hall–Kier alpha value is -2.44. The third-order valence-corrected chi connectivity index (χ3v) is 3.78. The van der Waals surface area contributed by atoms with Gasteiger partial charge in [-0.25, -0.2) is 9.78 Å². The maximum atomic E-state index is 12.1. The lowest BCUT2D eigenvalue weighted by Crippen LogP contribution is -2.35. The number of carbonyl (C=O) groups is 3. The van der Waals surface area contributed by atoms with Crippen LogP contribution in [0.4, 0.5) is 0 Å². The van der Waals surface area contributed by atoms with Gasteiger partial charge in [0.05, 0.1) is 0 Å². The summed E-state index contributed by atoms with van der Waals surface area (Å²) in [5.41, 5.74) is -0.148. The van der Waals surface area contributed by atoms with Gasteiger partial charge in [-0.1, -0.05) is 18.9 Å². The Labute approximate surface area is 134 Å². The number of nitrogens with one attached hydrogen (secondary N) is 1. The second-order valence-corrected chi connectivity index (χ2v) is 5.51. The number of hydrogen-bond donors (Lipinski definition) is 2. The van der Waals surface area contributed by atoms with Crippen molar-refractivity contribution in [3.8, 4) is 0 Å². The molecule has 1 aromatic rings. The molecule has 2 rings (SSSR count). The first kappa shape index (κ1) is 16.9. The highest BCUT2D eigenvalue weighted by molar-refractivity contribution is 5.94. The van der Waals surface area contributed by atoms with Gasteiger partial charge in [0.2, 0.25) is 5.91 Å². The fraction of sp³-hybridized carbons (Fsp3) is 0.500. The second kappa shape index (κ2) is 8.26. The number of aromatic nitrogens is 1. The summed E-state index contributed by atoms with van der Waals surface area (Å²) >= 11 is 0. The molecule has 1 aromatic heterocycles. The Balaban J connectivity index is 1.81. The van der Waals surface area contributed by atoms with E-state index < -0.39 is 11.9 Å². The fourth-order valence-corrected chi connectivity index (χ4v) is 2.53. The number of rotatable bonds is 5. The van der Waals surface area contributed by atoms with E-state index in [9.17, 15) is 14.4 Å². The maximum Gasteiger partial charge on any atom is 0.354 e. The van der Waals surface area contributed by atoms with E-state index in [0.29, 0.717) is 0 Å². The average molecular weight is 319 g/mol. The number of aromatic carboxylic acids is 1. The van der Waals surface area contributed by atoms with Crippen molar-refractivity contribution in [3.05, 3.63) is 29.6 Å². The normalized spacial score (nSPS) is 14.9. The molecule has 0 spiro atoms. The van der Waals surface area contributed by atoms with Gasteiger partial charge in [-0.3, -0.25) is 9.59 Å². The molecule has 124 valence electrons. The molecule has 23 heavy (non-hydrogen) atoms. The molecule has 0 bridgehead atoms. The summed E-state index contributed by atoms with van der Waals surface area (Å²) in [6, 6.07) is 4.23. The minimum Gasteiger partial charge on any atom is -0.477 e. The summed E-state index contributed by atoms with van der Waals surface area (Å²) in [7, 11) is 0. The first-order chi connectivity index (χ1) is 11.1. The minimum absolute atomic E-state index is 0.0344. The van der Waals surface area contributed by atoms with Crippen LogP contribution in [0.1, 0.15) is 53.1 Å². The molecule has 0 saturated carbocycles. The van der Waals surface area contributed by atoms with Crippen LogP contribution in [0.15, 0.2) is 18.2 Å². The zero-order chi connectivity index (χ0) is 16.7. The summed E-state index contributed by atoms with van der Waals surface area (Å²) < 4.78 is 0. The molecule has 0 radical (unpaired) electrons. The number of likely N-dealkylation sites (tertiary alicyclic amines) is 1. The molecule has 7 heteroatoms. The number of pyridine rings is 1. The Morgan fingerprint density at radius 2 is 1.74 bits per heavy atom. The van der Waals surface area contributed by atoms with Gasteiger partial charge in [0, 0.05) is 26.1 Å². The van der Waals surface area contributed by atoms with Gasteiger partial charge in [0.15, 0.2) is 0 Å². The van der Waals surface area contributed by atoms with E-state index in [1.54, 1.807) is 0 Å². The van der Waals surface area contributed by atoms with Crippen LogP contribution < -0.4 is 5.32 Å². The van der Waals surface area contributed by atoms with Gasteiger partial charge in [0.25, 0.3) is 5.91 Å². The van der Waals surface area contributed by atoms with E-state index >= 15 is 0 Å². The molecule has 1 fully saturated rings. The number of amides is 2. The summed E-state index contributed by atoms with van der Waals surface area (Å²) in [4.78, 5) is 40.5. The highest BCUT2D eigenvalue weighted by atomic mass is 16.4. The molecule has 0 aliphatic carbocycles. The van der Waals surface area contributed by atoms with Crippen LogP contribution >= 0.6 is 0 Å². The molecule has 2 heterocycles. The van der Waals surface area contributed by atoms with Gasteiger partial charge in [-0.15, -0.1) is 0 Å². The monoisotopic (exact) mass is 319 g/mol. The number of carbonyl (C=O) groups excluding carboxylic acids is 2. The summed E-state index contributed by atoms with van der Waals surface area (Å²) in [5.74, 6) is -1.62. The quantitative estimate of drug-likeness (QED) is 0.852. The second-order valence-electron chi connectivity index (χ2n) is 5.51. The van der Waals surface area contributed by atoms with Crippen LogP contribution in [0.2, 0.25) is 0 Å². The van der Waals surface area contributed by atoms with E-state index in [2.05, 4.69) is 10.3 Å². The molecular formula is C16H21N3O4. The number of carboxylic acid groups (broad SMARTS) is 1. The topological polar surface area (TPSA) is 99.6 Å². The van der Waals surface area contributed by atoms with Crippen molar-refractivity contribution in [3.63, 3.8) is 0 Å². The van der Waals surface area contributed by atoms with E-state index in [4.69, 9.17) is 5.11 Å². The van der Waals surface area contributed by atoms with Gasteiger partial charge in [-0.2, -0.15) is 0 Å². The lowest BCUT2D eigenvalue weighted by atomic mass is 10.2. The van der Waals surface area contributed by atoms with Crippen molar-refractivity contribution in [2.75, 3.05) is 19.6 Å². The molecule has 0 atom stereocenters. The molecular weight excluding hydrogens is 298 g/mol. The molecule has 1 aliphatic heterocycles. The predicted molar refractivity (Wildman–Crippen MR) is 83.2 cm³/mol. The molecule has 2 amide bonds. The lowest BCUT2D eigenvalue weighted by molar-refractivity contribution is -0.131. The molecule has 1 aliphatic rings. The Morgan fingerprint density at radius 3 is 2.39 bits per heavy atom. The Bertz CT molecular complexity index is 580. The SMILES string of the molecule is O=C(O)c1cccc(C(=O)NCCC(=O)N2CCCCCC2)n1. The Morgan fingerprint density at radius 1 is 1.09 bits per heavy atom. The van der Waals surface area contributed by atoms with E-state index in [1.807, 2.05) is 4.90 Å². The van der Waals surface area contributed by atoms with E-state index in [1.165, 1.54) is 18.2 Å². The number of nitrogens with zero attached hydrogens (tertiary/aromatic N) is 2. The fourth-order valence-electron chi connectivity index (χ4n) is 2.53. The lowest BCUT2D eigenvalue weighted by Gasteiger charge is -2.20. The highest BCUT2D eigenvalue weighted by Gasteiger charge is 2.16. The van der Waals surface area contributed by atoms with Crippen LogP contribution in [0.5, 0.6) is 0 Å². The molecule has 1 saturated heterocycles. The summed E-state index contributed by atoms with van der Waals surface area (Å²) in [5, 5.41) is 11.5. The van der Waals surface area contributed by atoms with E-state index in [0.717, 1.165) is 38.8 Å². The maximum absolute atomic E-state index is 12.1. The predicted octanol–water partition coefficient (Wildman–Crippen LogP) is 1.30. The number of hydrogen-bond acceptors (Lipinski definition) is 4. The molecule has 2 N–H and O–H groups in total. The third kappa shape index (κ3) is 5.05. The van der Waals surface area contributed by atoms with Crippen molar-refractivity contribution in [1.29, 1.82) is 0 Å². The molecule has 0 aromatic carbocycles. The largest absolute Gasteiger partial charge is 0.477 e. The van der Waals surface area contributed by atoms with Crippen molar-refractivity contribution >= 4 is 17.8 Å². The van der Waals surface area contributed by atoms with Crippen molar-refractivity contribution in [2.45, 2.75) is 32.1 Å². The Kier molecular flexibility index (Phi) is 6.08. The molecule has 7 nitrogen and oxygen atoms in total. The van der Waals surface area contributed by atoms with Crippen LogP contribution in [0.3, 0.4) is 0 Å².